The fourth-order valence-corrected chi connectivity index (χ4v) is 2.18. The first-order valence-electron chi connectivity index (χ1n) is 6.39. The number of rotatable bonds is 6. The Morgan fingerprint density at radius 2 is 2.26 bits per heavy atom. The zero-order valence-corrected chi connectivity index (χ0v) is 12.4. The van der Waals surface area contributed by atoms with Gasteiger partial charge in [0.15, 0.2) is 0 Å². The van der Waals surface area contributed by atoms with E-state index in [9.17, 15) is 4.79 Å². The zero-order chi connectivity index (χ0) is 14.3. The number of alkyl carbamates (subject to hydrolysis) is 1. The number of nitrogens with zero attached hydrogens (tertiary/aromatic N) is 1. The quantitative estimate of drug-likeness (QED) is 0.873. The Kier molecular flexibility index (Phi) is 6.67. The van der Waals surface area contributed by atoms with E-state index in [1.165, 1.54) is 12.7 Å². The molecule has 1 N–H and O–H groups in total. The fraction of sp³-hybridized carbons (Fsp3) is 0.500. The van der Waals surface area contributed by atoms with E-state index < -0.39 is 6.09 Å². The number of halogens is 1. The van der Waals surface area contributed by atoms with Crippen molar-refractivity contribution in [3.63, 3.8) is 0 Å². The lowest BCUT2D eigenvalue weighted by Gasteiger charge is -2.28. The molecule has 1 rings (SSSR count). The minimum Gasteiger partial charge on any atom is -0.453 e. The van der Waals surface area contributed by atoms with E-state index in [0.29, 0.717) is 6.54 Å². The first-order valence-corrected chi connectivity index (χ1v) is 6.77. The van der Waals surface area contributed by atoms with Gasteiger partial charge >= 0.3 is 6.09 Å². The highest BCUT2D eigenvalue weighted by Gasteiger charge is 2.14. The van der Waals surface area contributed by atoms with Gasteiger partial charge in [0.25, 0.3) is 0 Å². The van der Waals surface area contributed by atoms with Crippen molar-refractivity contribution in [1.29, 1.82) is 0 Å². The predicted molar refractivity (Wildman–Crippen MR) is 77.5 cm³/mol. The highest BCUT2D eigenvalue weighted by Crippen LogP contribution is 2.22. The van der Waals surface area contributed by atoms with Crippen LogP contribution in [0.5, 0.6) is 0 Å². The molecule has 0 heterocycles. The molecule has 0 bridgehead atoms. The standard InChI is InChI=1S/C14H21ClN2O2/c1-4-17(9-8-16-14(18)19-3)11(2)12-6-5-7-13(15)10-12/h5-7,10-11H,4,8-9H2,1-3H3,(H,16,18). The molecule has 0 fully saturated rings. The third-order valence-electron chi connectivity index (χ3n) is 3.14. The average molecular weight is 285 g/mol. The van der Waals surface area contributed by atoms with Gasteiger partial charge in [0, 0.05) is 24.2 Å². The molecule has 0 radical (unpaired) electrons. The van der Waals surface area contributed by atoms with Crippen LogP contribution in [-0.2, 0) is 4.74 Å². The molecule has 1 unspecified atom stereocenters. The Balaban J connectivity index is 2.56. The number of carbonyl (C=O) groups excluding carboxylic acids is 1. The molecule has 4 nitrogen and oxygen atoms in total. The van der Waals surface area contributed by atoms with Crippen LogP contribution >= 0.6 is 11.6 Å². The van der Waals surface area contributed by atoms with E-state index in [0.717, 1.165) is 18.1 Å². The number of nitrogens with one attached hydrogen (secondary N) is 1. The summed E-state index contributed by atoms with van der Waals surface area (Å²) >= 11 is 6.01. The molecular formula is C14H21ClN2O2. The first-order chi connectivity index (χ1) is 9.08. The Labute approximate surface area is 119 Å². The van der Waals surface area contributed by atoms with Gasteiger partial charge in [-0.3, -0.25) is 4.90 Å². The summed E-state index contributed by atoms with van der Waals surface area (Å²) in [6.45, 7) is 6.45. The molecule has 19 heavy (non-hydrogen) atoms. The number of hydrogen-bond donors (Lipinski definition) is 1. The number of hydrogen-bond acceptors (Lipinski definition) is 3. The maximum Gasteiger partial charge on any atom is 0.406 e. The lowest BCUT2D eigenvalue weighted by atomic mass is 10.1. The van der Waals surface area contributed by atoms with Gasteiger partial charge < -0.3 is 10.1 Å². The van der Waals surface area contributed by atoms with Crippen molar-refractivity contribution >= 4 is 17.7 Å². The predicted octanol–water partition coefficient (Wildman–Crippen LogP) is 3.08. The van der Waals surface area contributed by atoms with Crippen molar-refractivity contribution in [2.24, 2.45) is 0 Å². The Morgan fingerprint density at radius 1 is 1.53 bits per heavy atom. The second-order valence-corrected chi connectivity index (χ2v) is 4.71. The summed E-state index contributed by atoms with van der Waals surface area (Å²) in [5, 5.41) is 3.43. The molecule has 0 aliphatic heterocycles. The van der Waals surface area contributed by atoms with Gasteiger partial charge in [-0.2, -0.15) is 0 Å². The van der Waals surface area contributed by atoms with Crippen molar-refractivity contribution in [3.05, 3.63) is 34.9 Å². The van der Waals surface area contributed by atoms with Crippen LogP contribution in [0.3, 0.4) is 0 Å². The molecule has 0 spiro atoms. The third kappa shape index (κ3) is 5.09. The molecule has 0 saturated carbocycles. The normalized spacial score (nSPS) is 12.3. The van der Waals surface area contributed by atoms with Crippen molar-refractivity contribution in [2.75, 3.05) is 26.7 Å². The number of carbonyl (C=O) groups is 1. The van der Waals surface area contributed by atoms with Crippen molar-refractivity contribution in [3.8, 4) is 0 Å². The van der Waals surface area contributed by atoms with Crippen LogP contribution in [0.4, 0.5) is 4.79 Å². The maximum atomic E-state index is 11.0. The van der Waals surface area contributed by atoms with E-state index in [2.05, 4.69) is 34.9 Å². The number of amides is 1. The molecular weight excluding hydrogens is 264 g/mol. The lowest BCUT2D eigenvalue weighted by Crippen LogP contribution is -2.36. The Hall–Kier alpha value is -1.26. The van der Waals surface area contributed by atoms with Crippen LogP contribution in [0.1, 0.15) is 25.5 Å². The number of methoxy groups -OCH3 is 1. The number of likely N-dealkylation sites (N-methyl/N-ethyl adjacent to an activating group) is 1. The van der Waals surface area contributed by atoms with E-state index in [4.69, 9.17) is 11.6 Å². The Bertz CT molecular complexity index is 412. The van der Waals surface area contributed by atoms with E-state index in [1.54, 1.807) is 0 Å². The molecule has 1 amide bonds. The van der Waals surface area contributed by atoms with Gasteiger partial charge in [0.2, 0.25) is 0 Å². The molecule has 5 heteroatoms. The first kappa shape index (κ1) is 15.8. The molecule has 106 valence electrons. The SMILES string of the molecule is CCN(CCNC(=O)OC)C(C)c1cccc(Cl)c1. The van der Waals surface area contributed by atoms with Gasteiger partial charge in [-0.25, -0.2) is 4.79 Å². The highest BCUT2D eigenvalue weighted by atomic mass is 35.5. The zero-order valence-electron chi connectivity index (χ0n) is 11.6. The minimum atomic E-state index is -0.397. The third-order valence-corrected chi connectivity index (χ3v) is 3.37. The maximum absolute atomic E-state index is 11.0. The van der Waals surface area contributed by atoms with Crippen LogP contribution in [0.15, 0.2) is 24.3 Å². The summed E-state index contributed by atoms with van der Waals surface area (Å²) in [6, 6.07) is 8.11. The van der Waals surface area contributed by atoms with Crippen LogP contribution in [0, 0.1) is 0 Å². The molecule has 0 aliphatic carbocycles. The number of ether oxygens (including phenoxy) is 1. The largest absolute Gasteiger partial charge is 0.453 e. The lowest BCUT2D eigenvalue weighted by molar-refractivity contribution is 0.165. The van der Waals surface area contributed by atoms with Gasteiger partial charge in [0.1, 0.15) is 0 Å². The summed E-state index contributed by atoms with van der Waals surface area (Å²) in [6.07, 6.45) is -0.397. The molecule has 0 saturated heterocycles. The van der Waals surface area contributed by atoms with Crippen molar-refractivity contribution in [2.45, 2.75) is 19.9 Å². The molecule has 0 aromatic heterocycles. The van der Waals surface area contributed by atoms with E-state index in [-0.39, 0.29) is 6.04 Å². The summed E-state index contributed by atoms with van der Waals surface area (Å²) in [5.74, 6) is 0. The molecule has 1 atom stereocenters. The topological polar surface area (TPSA) is 41.6 Å². The second kappa shape index (κ2) is 8.02. The van der Waals surface area contributed by atoms with Crippen LogP contribution < -0.4 is 5.32 Å². The van der Waals surface area contributed by atoms with Gasteiger partial charge in [-0.15, -0.1) is 0 Å². The molecule has 1 aromatic rings. The highest BCUT2D eigenvalue weighted by molar-refractivity contribution is 6.30. The van der Waals surface area contributed by atoms with Gasteiger partial charge in [-0.05, 0) is 31.2 Å². The smallest absolute Gasteiger partial charge is 0.406 e. The van der Waals surface area contributed by atoms with Gasteiger partial charge in [-0.1, -0.05) is 30.7 Å². The second-order valence-electron chi connectivity index (χ2n) is 4.28. The van der Waals surface area contributed by atoms with E-state index >= 15 is 0 Å². The van der Waals surface area contributed by atoms with Crippen LogP contribution in [0.25, 0.3) is 0 Å². The number of benzene rings is 1. The summed E-state index contributed by atoms with van der Waals surface area (Å²) in [4.78, 5) is 13.3. The molecule has 0 aliphatic rings. The summed E-state index contributed by atoms with van der Waals surface area (Å²) in [7, 11) is 1.36. The van der Waals surface area contributed by atoms with Crippen molar-refractivity contribution in [1.82, 2.24) is 10.2 Å². The molecule has 1 aromatic carbocycles. The van der Waals surface area contributed by atoms with E-state index in [1.807, 2.05) is 18.2 Å². The fourth-order valence-electron chi connectivity index (χ4n) is 1.98. The monoisotopic (exact) mass is 284 g/mol. The van der Waals surface area contributed by atoms with Crippen LogP contribution in [-0.4, -0.2) is 37.7 Å². The minimum absolute atomic E-state index is 0.253. The average Bonchev–Trinajstić information content (AvgIpc) is 2.42. The summed E-state index contributed by atoms with van der Waals surface area (Å²) < 4.78 is 4.54. The Morgan fingerprint density at radius 3 is 2.84 bits per heavy atom. The van der Waals surface area contributed by atoms with Gasteiger partial charge in [0.05, 0.1) is 7.11 Å². The summed E-state index contributed by atoms with van der Waals surface area (Å²) in [5.41, 5.74) is 1.17. The van der Waals surface area contributed by atoms with Crippen LogP contribution in [0.2, 0.25) is 5.02 Å². The van der Waals surface area contributed by atoms with Crippen molar-refractivity contribution < 1.29 is 9.53 Å².